The van der Waals surface area contributed by atoms with Gasteiger partial charge in [0, 0.05) is 6.07 Å². The number of nitro benzene ring substituents is 1. The predicted octanol–water partition coefficient (Wildman–Crippen LogP) is 1.28. The number of anilines is 1. The van der Waals surface area contributed by atoms with E-state index in [1.807, 2.05) is 0 Å². The number of non-ortho nitro benzene ring substituents is 1. The van der Waals surface area contributed by atoms with Gasteiger partial charge in [0.2, 0.25) is 0 Å². The zero-order valence-electron chi connectivity index (χ0n) is 13.8. The summed E-state index contributed by atoms with van der Waals surface area (Å²) >= 11 is 0. The third-order valence-electron chi connectivity index (χ3n) is 3.78. The molecule has 1 N–H and O–H groups in total. The van der Waals surface area contributed by atoms with E-state index in [-0.39, 0.29) is 17.0 Å². The SMILES string of the molecule is COc1cc([N+](=O)[O-])cc(/C=C2\C(=O)NN(c3ccc(F)cc3)C2=O)c1[O-]. The molecule has 9 nitrogen and oxygen atoms in total. The van der Waals surface area contributed by atoms with Crippen LogP contribution in [-0.4, -0.2) is 23.8 Å². The molecule has 2 amide bonds. The molecule has 1 fully saturated rings. The Labute approximate surface area is 151 Å². The van der Waals surface area contributed by atoms with Gasteiger partial charge >= 0.3 is 0 Å². The molecule has 2 aromatic rings. The molecule has 1 aliphatic heterocycles. The predicted molar refractivity (Wildman–Crippen MR) is 89.1 cm³/mol. The first-order valence-electron chi connectivity index (χ1n) is 7.48. The van der Waals surface area contributed by atoms with Crippen molar-refractivity contribution in [3.8, 4) is 11.5 Å². The van der Waals surface area contributed by atoms with E-state index in [1.165, 1.54) is 19.2 Å². The molecule has 10 heteroatoms. The Morgan fingerprint density at radius 3 is 2.48 bits per heavy atom. The van der Waals surface area contributed by atoms with Gasteiger partial charge in [-0.25, -0.2) is 9.40 Å². The normalized spacial score (nSPS) is 15.2. The number of carbonyl (C=O) groups excluding carboxylic acids is 2. The maximum absolute atomic E-state index is 13.0. The minimum absolute atomic E-state index is 0.206. The number of nitro groups is 1. The number of methoxy groups -OCH3 is 1. The van der Waals surface area contributed by atoms with Crippen LogP contribution in [0.3, 0.4) is 0 Å². The number of nitrogens with one attached hydrogen (secondary N) is 1. The Morgan fingerprint density at radius 2 is 1.89 bits per heavy atom. The third-order valence-corrected chi connectivity index (χ3v) is 3.78. The monoisotopic (exact) mass is 372 g/mol. The van der Waals surface area contributed by atoms with Crippen LogP contribution in [0.15, 0.2) is 42.0 Å². The van der Waals surface area contributed by atoms with Crippen LogP contribution in [0.25, 0.3) is 6.08 Å². The number of rotatable bonds is 4. The highest BCUT2D eigenvalue weighted by molar-refractivity contribution is 6.31. The molecule has 2 aromatic carbocycles. The second-order valence-corrected chi connectivity index (χ2v) is 5.44. The number of ether oxygens (including phenoxy) is 1. The van der Waals surface area contributed by atoms with Crippen LogP contribution in [-0.2, 0) is 9.59 Å². The number of hydrogen-bond acceptors (Lipinski definition) is 6. The van der Waals surface area contributed by atoms with Crippen LogP contribution in [0.1, 0.15) is 5.56 Å². The van der Waals surface area contributed by atoms with Crippen LogP contribution in [0.4, 0.5) is 15.8 Å². The molecule has 0 aromatic heterocycles. The second kappa shape index (κ2) is 6.75. The van der Waals surface area contributed by atoms with Gasteiger partial charge in [-0.2, -0.15) is 0 Å². The van der Waals surface area contributed by atoms with E-state index in [9.17, 15) is 29.2 Å². The highest BCUT2D eigenvalue weighted by Crippen LogP contribution is 2.34. The van der Waals surface area contributed by atoms with Crippen molar-refractivity contribution in [3.05, 3.63) is 63.5 Å². The van der Waals surface area contributed by atoms with Crippen LogP contribution in [0, 0.1) is 15.9 Å². The molecule has 1 aliphatic rings. The molecular weight excluding hydrogens is 361 g/mol. The molecule has 0 spiro atoms. The average Bonchev–Trinajstić information content (AvgIpc) is 2.92. The fourth-order valence-corrected chi connectivity index (χ4v) is 2.46. The number of nitrogens with zero attached hydrogens (tertiary/aromatic N) is 2. The van der Waals surface area contributed by atoms with E-state index < -0.39 is 39.6 Å². The zero-order valence-corrected chi connectivity index (χ0v) is 13.8. The van der Waals surface area contributed by atoms with Crippen LogP contribution in [0.2, 0.25) is 0 Å². The molecule has 0 unspecified atom stereocenters. The van der Waals surface area contributed by atoms with Crippen molar-refractivity contribution >= 4 is 29.3 Å². The molecule has 3 rings (SSSR count). The summed E-state index contributed by atoms with van der Waals surface area (Å²) in [5, 5.41) is 24.2. The average molecular weight is 372 g/mol. The summed E-state index contributed by atoms with van der Waals surface area (Å²) in [4.78, 5) is 34.9. The van der Waals surface area contributed by atoms with Crippen molar-refractivity contribution in [3.63, 3.8) is 0 Å². The summed E-state index contributed by atoms with van der Waals surface area (Å²) in [6.45, 7) is 0. The van der Waals surface area contributed by atoms with Crippen LogP contribution >= 0.6 is 0 Å². The summed E-state index contributed by atoms with van der Waals surface area (Å²) in [6.07, 6.45) is 0.957. The Kier molecular flexibility index (Phi) is 4.46. The first-order valence-corrected chi connectivity index (χ1v) is 7.48. The molecule has 138 valence electrons. The van der Waals surface area contributed by atoms with Crippen molar-refractivity contribution < 1.29 is 28.7 Å². The Balaban J connectivity index is 2.03. The van der Waals surface area contributed by atoms with Gasteiger partial charge in [0.1, 0.15) is 17.1 Å². The minimum atomic E-state index is -0.811. The van der Waals surface area contributed by atoms with Crippen molar-refractivity contribution in [1.82, 2.24) is 5.43 Å². The van der Waals surface area contributed by atoms with Gasteiger partial charge in [0.25, 0.3) is 17.5 Å². The van der Waals surface area contributed by atoms with Gasteiger partial charge in [-0.05, 0) is 35.9 Å². The number of hydrogen-bond donors (Lipinski definition) is 1. The standard InChI is InChI=1S/C17H12FN3O6/c1-27-14-8-12(21(25)26)6-9(15(14)22)7-13-16(23)19-20(17(13)24)11-4-2-10(18)3-5-11/h2-8,22H,1H3,(H,19,23)/p-1/b13-7+. The van der Waals surface area contributed by atoms with Gasteiger partial charge in [-0.1, -0.05) is 5.75 Å². The molecule has 0 saturated carbocycles. The second-order valence-electron chi connectivity index (χ2n) is 5.44. The largest absolute Gasteiger partial charge is 0.870 e. The third kappa shape index (κ3) is 3.27. The van der Waals surface area contributed by atoms with E-state index in [0.29, 0.717) is 0 Å². The smallest absolute Gasteiger partial charge is 0.282 e. The number of hydrazine groups is 1. The molecule has 1 heterocycles. The molecule has 0 aliphatic carbocycles. The minimum Gasteiger partial charge on any atom is -0.870 e. The lowest BCUT2D eigenvalue weighted by Crippen LogP contribution is -2.35. The maximum Gasteiger partial charge on any atom is 0.282 e. The van der Waals surface area contributed by atoms with Crippen LogP contribution < -0.4 is 20.3 Å². The van der Waals surface area contributed by atoms with E-state index in [1.54, 1.807) is 0 Å². The summed E-state index contributed by atoms with van der Waals surface area (Å²) in [6, 6.07) is 6.68. The number of halogens is 1. The first-order chi connectivity index (χ1) is 12.8. The fourth-order valence-electron chi connectivity index (χ4n) is 2.46. The van der Waals surface area contributed by atoms with Gasteiger partial charge in [0.05, 0.1) is 23.8 Å². The highest BCUT2D eigenvalue weighted by Gasteiger charge is 2.34. The summed E-state index contributed by atoms with van der Waals surface area (Å²) in [5.74, 6) is -3.13. The first kappa shape index (κ1) is 17.9. The Hall–Kier alpha value is -3.95. The van der Waals surface area contributed by atoms with Crippen LogP contribution in [0.5, 0.6) is 11.5 Å². The summed E-state index contributed by atoms with van der Waals surface area (Å²) < 4.78 is 17.8. The number of carbonyl (C=O) groups is 2. The van der Waals surface area contributed by atoms with E-state index in [0.717, 1.165) is 35.4 Å². The van der Waals surface area contributed by atoms with E-state index in [4.69, 9.17) is 4.74 Å². The molecule has 0 atom stereocenters. The lowest BCUT2D eigenvalue weighted by atomic mass is 10.1. The summed E-state index contributed by atoms with van der Waals surface area (Å²) in [7, 11) is 1.17. The van der Waals surface area contributed by atoms with Crippen molar-refractivity contribution in [2.45, 2.75) is 0 Å². The zero-order chi connectivity index (χ0) is 19.7. The Morgan fingerprint density at radius 1 is 1.22 bits per heavy atom. The molecule has 0 radical (unpaired) electrons. The lowest BCUT2D eigenvalue weighted by Gasteiger charge is -2.16. The molecular formula is C17H11FN3O6-. The lowest BCUT2D eigenvalue weighted by molar-refractivity contribution is -0.385. The van der Waals surface area contributed by atoms with Gasteiger partial charge < -0.3 is 9.84 Å². The van der Waals surface area contributed by atoms with Crippen molar-refractivity contribution in [2.75, 3.05) is 12.1 Å². The van der Waals surface area contributed by atoms with Gasteiger partial charge in [-0.15, -0.1) is 0 Å². The number of benzene rings is 2. The van der Waals surface area contributed by atoms with E-state index in [2.05, 4.69) is 5.43 Å². The summed E-state index contributed by atoms with van der Waals surface area (Å²) in [5.41, 5.74) is 1.40. The molecule has 0 bridgehead atoms. The molecule has 1 saturated heterocycles. The van der Waals surface area contributed by atoms with E-state index >= 15 is 0 Å². The maximum atomic E-state index is 13.0. The van der Waals surface area contributed by atoms with Gasteiger partial charge in [0.15, 0.2) is 0 Å². The highest BCUT2D eigenvalue weighted by atomic mass is 19.1. The molecule has 27 heavy (non-hydrogen) atoms. The quantitative estimate of drug-likeness (QED) is 0.373. The van der Waals surface area contributed by atoms with Crippen molar-refractivity contribution in [1.29, 1.82) is 0 Å². The topological polar surface area (TPSA) is 125 Å². The number of amides is 2. The Bertz CT molecular complexity index is 987. The fraction of sp³-hybridized carbons (Fsp3) is 0.0588. The van der Waals surface area contributed by atoms with Crippen molar-refractivity contribution in [2.24, 2.45) is 0 Å². The van der Waals surface area contributed by atoms with Gasteiger partial charge in [-0.3, -0.25) is 25.1 Å².